The molecule has 0 bridgehead atoms. The van der Waals surface area contributed by atoms with Crippen molar-refractivity contribution >= 4 is 11.9 Å². The fourth-order valence-electron chi connectivity index (χ4n) is 1.85. The van der Waals surface area contributed by atoms with Gasteiger partial charge in [-0.3, -0.25) is 9.59 Å². The summed E-state index contributed by atoms with van der Waals surface area (Å²) in [5, 5.41) is 9.21. The van der Waals surface area contributed by atoms with Crippen LogP contribution in [-0.4, -0.2) is 23.7 Å². The standard InChI is InChI=1S/C17H22O4/c1-2-3-4-5-9-12-16(18)21-13-15(17(19)20)14-10-7-6-8-11-14/h4-8,10-11,15H,2-3,9,12-13H2,1H3,(H,19,20)/b5-4+. The molecule has 1 aromatic carbocycles. The third-order valence-corrected chi connectivity index (χ3v) is 3.05. The molecule has 1 aromatic rings. The molecule has 0 saturated carbocycles. The summed E-state index contributed by atoms with van der Waals surface area (Å²) in [6.07, 6.45) is 6.99. The molecule has 0 heterocycles. The van der Waals surface area contributed by atoms with Gasteiger partial charge in [0.2, 0.25) is 0 Å². The summed E-state index contributed by atoms with van der Waals surface area (Å²) in [6.45, 7) is 1.96. The Morgan fingerprint density at radius 3 is 2.48 bits per heavy atom. The highest BCUT2D eigenvalue weighted by Crippen LogP contribution is 2.16. The zero-order valence-electron chi connectivity index (χ0n) is 12.3. The van der Waals surface area contributed by atoms with Crippen LogP contribution in [0.2, 0.25) is 0 Å². The predicted octanol–water partition coefficient (Wildman–Crippen LogP) is 3.53. The Bertz CT molecular complexity index is 465. The number of hydrogen-bond donors (Lipinski definition) is 1. The summed E-state index contributed by atoms with van der Waals surface area (Å²) >= 11 is 0. The van der Waals surface area contributed by atoms with Crippen LogP contribution in [0, 0.1) is 0 Å². The fraction of sp³-hybridized carbons (Fsp3) is 0.412. The predicted molar refractivity (Wildman–Crippen MR) is 81.1 cm³/mol. The van der Waals surface area contributed by atoms with Crippen LogP contribution in [-0.2, 0) is 14.3 Å². The maximum absolute atomic E-state index is 11.6. The molecule has 0 aliphatic carbocycles. The van der Waals surface area contributed by atoms with Gasteiger partial charge in [0.1, 0.15) is 12.5 Å². The van der Waals surface area contributed by atoms with E-state index < -0.39 is 11.9 Å². The van der Waals surface area contributed by atoms with E-state index >= 15 is 0 Å². The Labute approximate surface area is 125 Å². The van der Waals surface area contributed by atoms with Crippen LogP contribution in [0.3, 0.4) is 0 Å². The third kappa shape index (κ3) is 6.75. The molecule has 21 heavy (non-hydrogen) atoms. The zero-order chi connectivity index (χ0) is 15.5. The molecular formula is C17H22O4. The van der Waals surface area contributed by atoms with Crippen molar-refractivity contribution < 1.29 is 19.4 Å². The van der Waals surface area contributed by atoms with Gasteiger partial charge in [-0.1, -0.05) is 55.8 Å². The first-order valence-corrected chi connectivity index (χ1v) is 7.23. The summed E-state index contributed by atoms with van der Waals surface area (Å²) in [5.41, 5.74) is 0.639. The van der Waals surface area contributed by atoms with Gasteiger partial charge in [0, 0.05) is 6.42 Å². The van der Waals surface area contributed by atoms with Crippen molar-refractivity contribution in [3.8, 4) is 0 Å². The minimum Gasteiger partial charge on any atom is -0.481 e. The zero-order valence-corrected chi connectivity index (χ0v) is 12.3. The van der Waals surface area contributed by atoms with E-state index in [1.165, 1.54) is 0 Å². The molecule has 0 aliphatic heterocycles. The number of carboxylic acid groups (broad SMARTS) is 1. The summed E-state index contributed by atoms with van der Waals surface area (Å²) in [5.74, 6) is -2.17. The number of benzene rings is 1. The number of ether oxygens (including phenoxy) is 1. The van der Waals surface area contributed by atoms with Gasteiger partial charge in [-0.15, -0.1) is 0 Å². The van der Waals surface area contributed by atoms with Crippen molar-refractivity contribution in [1.29, 1.82) is 0 Å². The quantitative estimate of drug-likeness (QED) is 0.558. The summed E-state index contributed by atoms with van der Waals surface area (Å²) < 4.78 is 5.07. The molecule has 0 saturated heterocycles. The van der Waals surface area contributed by atoms with Gasteiger partial charge in [0.25, 0.3) is 0 Å². The highest BCUT2D eigenvalue weighted by Gasteiger charge is 2.21. The van der Waals surface area contributed by atoms with E-state index in [0.717, 1.165) is 12.8 Å². The lowest BCUT2D eigenvalue weighted by Gasteiger charge is -2.13. The monoisotopic (exact) mass is 290 g/mol. The maximum atomic E-state index is 11.6. The number of unbranched alkanes of at least 4 members (excludes halogenated alkanes) is 1. The van der Waals surface area contributed by atoms with Gasteiger partial charge in [0.15, 0.2) is 0 Å². The average Bonchev–Trinajstić information content (AvgIpc) is 2.48. The number of hydrogen-bond acceptors (Lipinski definition) is 3. The van der Waals surface area contributed by atoms with Gasteiger partial charge in [-0.25, -0.2) is 0 Å². The van der Waals surface area contributed by atoms with Crippen LogP contribution in [0.15, 0.2) is 42.5 Å². The lowest BCUT2D eigenvalue weighted by Crippen LogP contribution is -2.20. The van der Waals surface area contributed by atoms with Crippen LogP contribution >= 0.6 is 0 Å². The molecular weight excluding hydrogens is 268 g/mol. The summed E-state index contributed by atoms with van der Waals surface area (Å²) in [4.78, 5) is 22.8. The fourth-order valence-corrected chi connectivity index (χ4v) is 1.85. The normalized spacial score (nSPS) is 12.2. The van der Waals surface area contributed by atoms with Crippen LogP contribution in [0.1, 0.15) is 44.1 Å². The Hall–Kier alpha value is -2.10. The molecule has 0 fully saturated rings. The lowest BCUT2D eigenvalue weighted by molar-refractivity contribution is -0.148. The Kier molecular flexibility index (Phi) is 7.87. The second-order valence-corrected chi connectivity index (χ2v) is 4.78. The van der Waals surface area contributed by atoms with Crippen molar-refractivity contribution in [2.45, 2.75) is 38.5 Å². The first-order chi connectivity index (χ1) is 10.1. The number of allylic oxidation sites excluding steroid dienone is 2. The molecule has 0 aliphatic rings. The molecule has 1 unspecified atom stereocenters. The number of rotatable bonds is 9. The van der Waals surface area contributed by atoms with Gasteiger partial charge in [0.05, 0.1) is 0 Å². The third-order valence-electron chi connectivity index (χ3n) is 3.05. The Morgan fingerprint density at radius 1 is 1.19 bits per heavy atom. The van der Waals surface area contributed by atoms with Crippen molar-refractivity contribution in [3.63, 3.8) is 0 Å². The SMILES string of the molecule is CCC/C=C/CCC(=O)OCC(C(=O)O)c1ccccc1. The summed E-state index contributed by atoms with van der Waals surface area (Å²) in [7, 11) is 0. The molecule has 0 aromatic heterocycles. The van der Waals surface area contributed by atoms with Crippen LogP contribution in [0.25, 0.3) is 0 Å². The molecule has 4 heteroatoms. The van der Waals surface area contributed by atoms with Crippen LogP contribution < -0.4 is 0 Å². The van der Waals surface area contributed by atoms with Crippen LogP contribution in [0.4, 0.5) is 0 Å². The van der Waals surface area contributed by atoms with E-state index in [0.29, 0.717) is 12.0 Å². The second kappa shape index (κ2) is 9.75. The number of aliphatic carboxylic acids is 1. The summed E-state index contributed by atoms with van der Waals surface area (Å²) in [6, 6.07) is 8.80. The maximum Gasteiger partial charge on any atom is 0.314 e. The van der Waals surface area contributed by atoms with Gasteiger partial charge in [-0.2, -0.15) is 0 Å². The minimum absolute atomic E-state index is 0.128. The highest BCUT2D eigenvalue weighted by molar-refractivity contribution is 5.77. The van der Waals surface area contributed by atoms with E-state index in [4.69, 9.17) is 4.74 Å². The smallest absolute Gasteiger partial charge is 0.314 e. The van der Waals surface area contributed by atoms with Gasteiger partial charge >= 0.3 is 11.9 Å². The van der Waals surface area contributed by atoms with E-state index in [-0.39, 0.29) is 19.0 Å². The number of carbonyl (C=O) groups is 2. The number of carboxylic acids is 1. The van der Waals surface area contributed by atoms with E-state index in [1.54, 1.807) is 24.3 Å². The van der Waals surface area contributed by atoms with Crippen molar-refractivity contribution in [2.24, 2.45) is 0 Å². The molecule has 1 N–H and O–H groups in total. The van der Waals surface area contributed by atoms with Crippen molar-refractivity contribution in [2.75, 3.05) is 6.61 Å². The molecule has 1 rings (SSSR count). The lowest BCUT2D eigenvalue weighted by atomic mass is 10.0. The highest BCUT2D eigenvalue weighted by atomic mass is 16.5. The molecule has 114 valence electrons. The van der Waals surface area contributed by atoms with E-state index in [1.807, 2.05) is 18.2 Å². The Balaban J connectivity index is 2.40. The molecule has 0 radical (unpaired) electrons. The molecule has 4 nitrogen and oxygen atoms in total. The first kappa shape index (κ1) is 17.0. The van der Waals surface area contributed by atoms with E-state index in [9.17, 15) is 14.7 Å². The molecule has 0 amide bonds. The minimum atomic E-state index is -0.989. The average molecular weight is 290 g/mol. The van der Waals surface area contributed by atoms with Gasteiger partial charge in [-0.05, 0) is 18.4 Å². The van der Waals surface area contributed by atoms with E-state index in [2.05, 4.69) is 6.92 Å². The van der Waals surface area contributed by atoms with Crippen molar-refractivity contribution in [3.05, 3.63) is 48.0 Å². The molecule has 1 atom stereocenters. The topological polar surface area (TPSA) is 63.6 Å². The van der Waals surface area contributed by atoms with Gasteiger partial charge < -0.3 is 9.84 Å². The van der Waals surface area contributed by atoms with Crippen LogP contribution in [0.5, 0.6) is 0 Å². The molecule has 0 spiro atoms. The van der Waals surface area contributed by atoms with Crippen molar-refractivity contribution in [1.82, 2.24) is 0 Å². The number of esters is 1. The first-order valence-electron chi connectivity index (χ1n) is 7.23. The Morgan fingerprint density at radius 2 is 1.86 bits per heavy atom. The largest absolute Gasteiger partial charge is 0.481 e. The second-order valence-electron chi connectivity index (χ2n) is 4.78. The number of carbonyl (C=O) groups excluding carboxylic acids is 1.